The summed E-state index contributed by atoms with van der Waals surface area (Å²) in [5.74, 6) is 0.540. The Morgan fingerprint density at radius 3 is 2.23 bits per heavy atom. The van der Waals surface area contributed by atoms with E-state index in [1.807, 2.05) is 0 Å². The predicted octanol–water partition coefficient (Wildman–Crippen LogP) is 4.39. The Kier molecular flexibility index (Phi) is 9.05. The van der Waals surface area contributed by atoms with Gasteiger partial charge >= 0.3 is 0 Å². The van der Waals surface area contributed by atoms with E-state index in [1.54, 1.807) is 11.9 Å². The lowest BCUT2D eigenvalue weighted by Gasteiger charge is -2.39. The van der Waals surface area contributed by atoms with Crippen LogP contribution in [0.1, 0.15) is 89.9 Å². The van der Waals surface area contributed by atoms with Gasteiger partial charge in [0, 0.05) is 24.9 Å². The lowest BCUT2D eigenvalue weighted by atomic mass is 9.83. The molecule has 4 aliphatic rings. The largest absolute Gasteiger partial charge is 0.353 e. The summed E-state index contributed by atoms with van der Waals surface area (Å²) in [5, 5.41) is 2.50. The summed E-state index contributed by atoms with van der Waals surface area (Å²) < 4.78 is 39.4. The number of halogens is 2. The molecule has 9 heteroatoms. The molecule has 0 bridgehead atoms. The van der Waals surface area contributed by atoms with Crippen LogP contribution in [0.3, 0.4) is 0 Å². The molecule has 4 saturated carbocycles. The molecule has 0 spiro atoms. The maximum Gasteiger partial charge on any atom is 0.227 e. The molecule has 200 valence electrons. The van der Waals surface area contributed by atoms with Gasteiger partial charge in [0.25, 0.3) is 0 Å². The molecule has 0 aromatic carbocycles. The highest BCUT2D eigenvalue weighted by molar-refractivity contribution is 7.92. The Hall–Kier alpha value is -0.890. The first-order chi connectivity index (χ1) is 16.6. The van der Waals surface area contributed by atoms with E-state index in [0.29, 0.717) is 63.0 Å². The molecule has 0 radical (unpaired) electrons. The van der Waals surface area contributed by atoms with E-state index in [-0.39, 0.29) is 46.4 Å². The summed E-state index contributed by atoms with van der Waals surface area (Å²) in [6.45, 7) is 0. The van der Waals surface area contributed by atoms with Crippen molar-refractivity contribution in [2.75, 3.05) is 12.8 Å². The van der Waals surface area contributed by atoms with Gasteiger partial charge in [-0.1, -0.05) is 12.8 Å². The Morgan fingerprint density at radius 1 is 0.943 bits per heavy atom. The van der Waals surface area contributed by atoms with E-state index in [1.165, 1.54) is 0 Å². The van der Waals surface area contributed by atoms with Crippen molar-refractivity contribution in [2.24, 2.45) is 17.8 Å². The molecule has 4 fully saturated rings. The zero-order valence-corrected chi connectivity index (χ0v) is 22.5. The van der Waals surface area contributed by atoms with Crippen LogP contribution in [-0.4, -0.2) is 66.8 Å². The minimum absolute atomic E-state index is 0.00692. The molecule has 5 atom stereocenters. The van der Waals surface area contributed by atoms with Crippen LogP contribution in [0.5, 0.6) is 0 Å². The van der Waals surface area contributed by atoms with Crippen LogP contribution in [0.15, 0.2) is 0 Å². The molecule has 4 aliphatic carbocycles. The summed E-state index contributed by atoms with van der Waals surface area (Å²) in [4.78, 5) is 27.3. The van der Waals surface area contributed by atoms with E-state index >= 15 is 0 Å². The lowest BCUT2D eigenvalue weighted by molar-refractivity contribution is -0.139. The van der Waals surface area contributed by atoms with Crippen LogP contribution in [0.4, 0.5) is 4.39 Å². The van der Waals surface area contributed by atoms with Gasteiger partial charge in [0.15, 0.2) is 9.84 Å². The number of hydrogen-bond acceptors (Lipinski definition) is 4. The zero-order chi connectivity index (χ0) is 25.2. The predicted molar refractivity (Wildman–Crippen MR) is 136 cm³/mol. The van der Waals surface area contributed by atoms with Crippen LogP contribution in [-0.2, 0) is 19.4 Å². The van der Waals surface area contributed by atoms with Gasteiger partial charge in [0.05, 0.1) is 23.0 Å². The fourth-order valence-electron chi connectivity index (χ4n) is 6.45. The molecule has 1 N–H and O–H groups in total. The number of amides is 2. The third kappa shape index (κ3) is 7.12. The highest BCUT2D eigenvalue weighted by Crippen LogP contribution is 2.37. The maximum atomic E-state index is 14.3. The number of carbonyl (C=O) groups is 2. The number of nitrogens with zero attached hydrogens (tertiary/aromatic N) is 1. The third-order valence-corrected chi connectivity index (χ3v) is 11.8. The van der Waals surface area contributed by atoms with Gasteiger partial charge in [-0.2, -0.15) is 0 Å². The van der Waals surface area contributed by atoms with Gasteiger partial charge in [-0.15, -0.1) is 11.6 Å². The highest BCUT2D eigenvalue weighted by Gasteiger charge is 2.40. The second-order valence-corrected chi connectivity index (χ2v) is 14.5. The zero-order valence-electron chi connectivity index (χ0n) is 21.0. The van der Waals surface area contributed by atoms with Gasteiger partial charge in [-0.05, 0) is 82.5 Å². The van der Waals surface area contributed by atoms with Crippen molar-refractivity contribution in [3.8, 4) is 0 Å². The second-order valence-electron chi connectivity index (χ2n) is 11.6. The molecular formula is C26H42ClFN2O4S. The molecule has 2 amide bonds. The smallest absolute Gasteiger partial charge is 0.227 e. The Morgan fingerprint density at radius 2 is 1.60 bits per heavy atom. The Bertz CT molecular complexity index is 859. The summed E-state index contributed by atoms with van der Waals surface area (Å²) in [6.07, 6.45) is 9.31. The first-order valence-electron chi connectivity index (χ1n) is 13.7. The van der Waals surface area contributed by atoms with Crippen molar-refractivity contribution in [2.45, 2.75) is 119 Å². The van der Waals surface area contributed by atoms with Crippen molar-refractivity contribution in [3.05, 3.63) is 0 Å². The number of carbonyl (C=O) groups excluding carboxylic acids is 2. The molecule has 0 saturated heterocycles. The molecule has 35 heavy (non-hydrogen) atoms. The fourth-order valence-corrected chi connectivity index (χ4v) is 9.15. The molecule has 4 rings (SSSR count). The third-order valence-electron chi connectivity index (χ3n) is 8.89. The Balaban J connectivity index is 1.18. The number of sulfone groups is 1. The van der Waals surface area contributed by atoms with Crippen molar-refractivity contribution < 1.29 is 22.4 Å². The molecule has 0 aromatic rings. The standard InChI is InChI=1S/C26H42ClFN2O4S/c1-30(24-5-3-2-4-23(24)28)26(32)21-13-10-19(15-22(21)27)29-25(31)14-17-8-11-20(12-9-17)35(33,34)16-18-6-7-18/h17-24H,2-16H2,1H3,(H,29,31). The molecule has 6 nitrogen and oxygen atoms in total. The van der Waals surface area contributed by atoms with Crippen LogP contribution < -0.4 is 5.32 Å². The quantitative estimate of drug-likeness (QED) is 0.470. The van der Waals surface area contributed by atoms with Crippen molar-refractivity contribution in [3.63, 3.8) is 0 Å². The minimum atomic E-state index is -3.00. The van der Waals surface area contributed by atoms with E-state index < -0.39 is 16.0 Å². The Labute approximate surface area is 215 Å². The van der Waals surface area contributed by atoms with Crippen LogP contribution in [0.2, 0.25) is 0 Å². The van der Waals surface area contributed by atoms with Gasteiger partial charge in [0.2, 0.25) is 11.8 Å². The lowest BCUT2D eigenvalue weighted by Crippen LogP contribution is -2.51. The van der Waals surface area contributed by atoms with E-state index in [2.05, 4.69) is 5.32 Å². The topological polar surface area (TPSA) is 83.6 Å². The highest BCUT2D eigenvalue weighted by atomic mass is 35.5. The number of alkyl halides is 2. The van der Waals surface area contributed by atoms with Crippen molar-refractivity contribution >= 4 is 33.3 Å². The summed E-state index contributed by atoms with van der Waals surface area (Å²) in [6, 6.07) is -0.408. The van der Waals surface area contributed by atoms with Gasteiger partial charge in [0.1, 0.15) is 6.17 Å². The van der Waals surface area contributed by atoms with Crippen LogP contribution in [0, 0.1) is 17.8 Å². The summed E-state index contributed by atoms with van der Waals surface area (Å²) in [7, 11) is -1.29. The first kappa shape index (κ1) is 27.2. The minimum Gasteiger partial charge on any atom is -0.353 e. The van der Waals surface area contributed by atoms with Crippen LogP contribution >= 0.6 is 11.6 Å². The number of hydrogen-bond donors (Lipinski definition) is 1. The van der Waals surface area contributed by atoms with Crippen LogP contribution in [0.25, 0.3) is 0 Å². The van der Waals surface area contributed by atoms with Crippen molar-refractivity contribution in [1.29, 1.82) is 0 Å². The molecule has 0 aromatic heterocycles. The summed E-state index contributed by atoms with van der Waals surface area (Å²) >= 11 is 6.62. The van der Waals surface area contributed by atoms with Gasteiger partial charge in [-0.3, -0.25) is 9.59 Å². The monoisotopic (exact) mass is 532 g/mol. The fraction of sp³-hybridized carbons (Fsp3) is 0.923. The first-order valence-corrected chi connectivity index (χ1v) is 15.8. The molecular weight excluding hydrogens is 491 g/mol. The van der Waals surface area contributed by atoms with E-state index in [4.69, 9.17) is 11.6 Å². The second kappa shape index (κ2) is 11.7. The van der Waals surface area contributed by atoms with E-state index in [9.17, 15) is 22.4 Å². The summed E-state index contributed by atoms with van der Waals surface area (Å²) in [5.41, 5.74) is 0. The molecule has 0 heterocycles. The molecule has 5 unspecified atom stereocenters. The van der Waals surface area contributed by atoms with E-state index in [0.717, 1.165) is 38.5 Å². The maximum absolute atomic E-state index is 14.3. The average Bonchev–Trinajstić information content (AvgIpc) is 3.62. The number of nitrogens with one attached hydrogen (secondary N) is 1. The normalized spacial score (nSPS) is 36.4. The molecule has 0 aliphatic heterocycles. The average molecular weight is 533 g/mol. The van der Waals surface area contributed by atoms with Gasteiger partial charge < -0.3 is 10.2 Å². The van der Waals surface area contributed by atoms with Gasteiger partial charge in [-0.25, -0.2) is 12.8 Å². The SMILES string of the molecule is CN(C(=O)C1CCC(NC(=O)CC2CCC(S(=O)(=O)CC3CC3)CC2)CC1Cl)C1CCCCC1F. The number of rotatable bonds is 8. The van der Waals surface area contributed by atoms with Crippen molar-refractivity contribution in [1.82, 2.24) is 10.2 Å².